The van der Waals surface area contributed by atoms with Gasteiger partial charge in [0.25, 0.3) is 10.0 Å². The van der Waals surface area contributed by atoms with Crippen molar-refractivity contribution in [1.82, 2.24) is 0 Å². The third-order valence-corrected chi connectivity index (χ3v) is 4.96. The summed E-state index contributed by atoms with van der Waals surface area (Å²) in [7, 11) is -3.88. The van der Waals surface area contributed by atoms with E-state index in [9.17, 15) is 12.8 Å². The van der Waals surface area contributed by atoms with Gasteiger partial charge < -0.3 is 5.32 Å². The number of fused-ring (bicyclic) bond motifs is 1. The Kier molecular flexibility index (Phi) is 3.51. The number of hydrogen-bond donors (Lipinski definition) is 2. The maximum Gasteiger partial charge on any atom is 0.262 e. The van der Waals surface area contributed by atoms with Crippen LogP contribution in [0.25, 0.3) is 0 Å². The van der Waals surface area contributed by atoms with E-state index in [2.05, 4.69) is 10.0 Å². The van der Waals surface area contributed by atoms with Crippen LogP contribution in [0.3, 0.4) is 0 Å². The number of hydrogen-bond acceptors (Lipinski definition) is 3. The molecular weight excluding hydrogens is 315 g/mol. The molecule has 1 aliphatic heterocycles. The minimum atomic E-state index is -3.88. The van der Waals surface area contributed by atoms with Crippen LogP contribution in [0, 0.1) is 5.82 Å². The summed E-state index contributed by atoms with van der Waals surface area (Å²) < 4.78 is 40.6. The molecule has 0 saturated carbocycles. The van der Waals surface area contributed by atoms with E-state index in [-0.39, 0.29) is 15.6 Å². The van der Waals surface area contributed by atoms with Gasteiger partial charge in [-0.05, 0) is 42.3 Å². The molecule has 1 aliphatic rings. The molecule has 0 saturated heterocycles. The molecule has 7 heteroatoms. The van der Waals surface area contributed by atoms with E-state index in [4.69, 9.17) is 11.6 Å². The average Bonchev–Trinajstić information content (AvgIpc) is 2.90. The molecule has 0 atom stereocenters. The molecule has 0 bridgehead atoms. The molecule has 0 aromatic heterocycles. The van der Waals surface area contributed by atoms with Gasteiger partial charge >= 0.3 is 0 Å². The Bertz CT molecular complexity index is 788. The predicted molar refractivity (Wildman–Crippen MR) is 80.9 cm³/mol. The van der Waals surface area contributed by atoms with Crippen LogP contribution in [-0.4, -0.2) is 15.0 Å². The standard InChI is InChI=1S/C14H12ClFN2O2S/c15-11-2-1-3-12(16)14(11)18-21(19,20)10-4-5-13-9(8-10)6-7-17-13/h1-5,8,17-18H,6-7H2. The summed E-state index contributed by atoms with van der Waals surface area (Å²) in [5.41, 5.74) is 1.62. The van der Waals surface area contributed by atoms with Crippen molar-refractivity contribution in [2.75, 3.05) is 16.6 Å². The Hall–Kier alpha value is -1.79. The van der Waals surface area contributed by atoms with Crippen molar-refractivity contribution >= 4 is 33.0 Å². The number of para-hydroxylation sites is 1. The maximum absolute atomic E-state index is 13.7. The molecule has 1 heterocycles. The Morgan fingerprint density at radius 2 is 2.05 bits per heavy atom. The van der Waals surface area contributed by atoms with Gasteiger partial charge in [-0.2, -0.15) is 0 Å². The summed E-state index contributed by atoms with van der Waals surface area (Å²) >= 11 is 5.84. The van der Waals surface area contributed by atoms with Crippen molar-refractivity contribution in [2.45, 2.75) is 11.3 Å². The molecule has 0 amide bonds. The van der Waals surface area contributed by atoms with Crippen molar-refractivity contribution in [1.29, 1.82) is 0 Å². The first-order chi connectivity index (χ1) is 9.97. The van der Waals surface area contributed by atoms with Gasteiger partial charge in [-0.3, -0.25) is 4.72 Å². The number of rotatable bonds is 3. The highest BCUT2D eigenvalue weighted by Crippen LogP contribution is 2.29. The molecule has 110 valence electrons. The zero-order chi connectivity index (χ0) is 15.0. The first kappa shape index (κ1) is 14.2. The zero-order valence-corrected chi connectivity index (χ0v) is 12.4. The summed E-state index contributed by atoms with van der Waals surface area (Å²) in [6.45, 7) is 0.783. The van der Waals surface area contributed by atoms with Crippen LogP contribution < -0.4 is 10.0 Å². The highest BCUT2D eigenvalue weighted by atomic mass is 35.5. The first-order valence-electron chi connectivity index (χ1n) is 6.31. The van der Waals surface area contributed by atoms with Crippen molar-refractivity contribution in [3.05, 3.63) is 52.8 Å². The van der Waals surface area contributed by atoms with Gasteiger partial charge in [0.15, 0.2) is 0 Å². The molecule has 2 aromatic rings. The van der Waals surface area contributed by atoms with Gasteiger partial charge in [-0.25, -0.2) is 12.8 Å². The molecule has 2 N–H and O–H groups in total. The molecule has 0 radical (unpaired) electrons. The Morgan fingerprint density at radius 3 is 2.81 bits per heavy atom. The second-order valence-corrected chi connectivity index (χ2v) is 6.79. The lowest BCUT2D eigenvalue weighted by Crippen LogP contribution is -2.14. The number of nitrogens with one attached hydrogen (secondary N) is 2. The van der Waals surface area contributed by atoms with E-state index < -0.39 is 15.8 Å². The Morgan fingerprint density at radius 1 is 1.24 bits per heavy atom. The number of benzene rings is 2. The summed E-state index contributed by atoms with van der Waals surface area (Å²) in [6, 6.07) is 8.77. The minimum Gasteiger partial charge on any atom is -0.384 e. The molecule has 0 spiro atoms. The Labute approximate surface area is 127 Å². The maximum atomic E-state index is 13.7. The van der Waals surface area contributed by atoms with Gasteiger partial charge in [0.05, 0.1) is 9.92 Å². The zero-order valence-electron chi connectivity index (χ0n) is 10.9. The second-order valence-electron chi connectivity index (χ2n) is 4.70. The predicted octanol–water partition coefficient (Wildman–Crippen LogP) is 3.25. The smallest absolute Gasteiger partial charge is 0.262 e. The number of sulfonamides is 1. The lowest BCUT2D eigenvalue weighted by Gasteiger charge is -2.11. The molecule has 21 heavy (non-hydrogen) atoms. The van der Waals surface area contributed by atoms with Gasteiger partial charge in [-0.1, -0.05) is 17.7 Å². The fraction of sp³-hybridized carbons (Fsp3) is 0.143. The van der Waals surface area contributed by atoms with Gasteiger partial charge in [-0.15, -0.1) is 0 Å². The van der Waals surface area contributed by atoms with Crippen molar-refractivity contribution in [2.24, 2.45) is 0 Å². The third-order valence-electron chi connectivity index (χ3n) is 3.30. The normalized spacial score (nSPS) is 13.6. The summed E-state index contributed by atoms with van der Waals surface area (Å²) in [6.07, 6.45) is 0.763. The largest absolute Gasteiger partial charge is 0.384 e. The van der Waals surface area contributed by atoms with Crippen LogP contribution >= 0.6 is 11.6 Å². The number of anilines is 2. The quantitative estimate of drug-likeness (QED) is 0.910. The van der Waals surface area contributed by atoms with Gasteiger partial charge in [0.1, 0.15) is 11.5 Å². The molecule has 0 aliphatic carbocycles. The van der Waals surface area contributed by atoms with Crippen LogP contribution in [-0.2, 0) is 16.4 Å². The van der Waals surface area contributed by atoms with Crippen LogP contribution in [0.1, 0.15) is 5.56 Å². The SMILES string of the molecule is O=S(=O)(Nc1c(F)cccc1Cl)c1ccc2c(c1)CCN2. The highest BCUT2D eigenvalue weighted by molar-refractivity contribution is 7.92. The molecule has 3 rings (SSSR count). The summed E-state index contributed by atoms with van der Waals surface area (Å²) in [5.74, 6) is -0.714. The number of halogens is 2. The lowest BCUT2D eigenvalue weighted by molar-refractivity contribution is 0.598. The molecule has 0 fully saturated rings. The van der Waals surface area contributed by atoms with E-state index in [1.165, 1.54) is 18.2 Å². The molecule has 0 unspecified atom stereocenters. The second kappa shape index (κ2) is 5.20. The van der Waals surface area contributed by atoms with Crippen molar-refractivity contribution in [3.8, 4) is 0 Å². The van der Waals surface area contributed by atoms with E-state index >= 15 is 0 Å². The van der Waals surface area contributed by atoms with Crippen molar-refractivity contribution < 1.29 is 12.8 Å². The van der Waals surface area contributed by atoms with Gasteiger partial charge in [0.2, 0.25) is 0 Å². The van der Waals surface area contributed by atoms with Crippen LogP contribution in [0.4, 0.5) is 15.8 Å². The van der Waals surface area contributed by atoms with Crippen LogP contribution in [0.5, 0.6) is 0 Å². The summed E-state index contributed by atoms with van der Waals surface area (Å²) in [5, 5.41) is 3.17. The third kappa shape index (κ3) is 2.69. The van der Waals surface area contributed by atoms with E-state index in [1.807, 2.05) is 0 Å². The van der Waals surface area contributed by atoms with Gasteiger partial charge in [0, 0.05) is 12.2 Å². The minimum absolute atomic E-state index is 0.0152. The average molecular weight is 327 g/mol. The molecular formula is C14H12ClFN2O2S. The topological polar surface area (TPSA) is 58.2 Å². The van der Waals surface area contributed by atoms with Crippen LogP contribution in [0.2, 0.25) is 5.02 Å². The van der Waals surface area contributed by atoms with Crippen LogP contribution in [0.15, 0.2) is 41.3 Å². The molecule has 4 nitrogen and oxygen atoms in total. The first-order valence-corrected chi connectivity index (χ1v) is 8.17. The van der Waals surface area contributed by atoms with E-state index in [0.717, 1.165) is 30.3 Å². The monoisotopic (exact) mass is 326 g/mol. The Balaban J connectivity index is 1.98. The fourth-order valence-electron chi connectivity index (χ4n) is 2.24. The van der Waals surface area contributed by atoms with E-state index in [1.54, 1.807) is 12.1 Å². The van der Waals surface area contributed by atoms with E-state index in [0.29, 0.717) is 0 Å². The summed E-state index contributed by atoms with van der Waals surface area (Å²) in [4.78, 5) is 0.0873. The highest BCUT2D eigenvalue weighted by Gasteiger charge is 2.20. The lowest BCUT2D eigenvalue weighted by atomic mass is 10.2. The van der Waals surface area contributed by atoms with Crippen molar-refractivity contribution in [3.63, 3.8) is 0 Å². The molecule has 2 aromatic carbocycles. The fourth-order valence-corrected chi connectivity index (χ4v) is 3.64.